The van der Waals surface area contributed by atoms with Crippen LogP contribution in [0.25, 0.3) is 0 Å². The lowest BCUT2D eigenvalue weighted by molar-refractivity contribution is -0.140. The summed E-state index contributed by atoms with van der Waals surface area (Å²) in [5, 5.41) is 10.4. The van der Waals surface area contributed by atoms with Crippen LogP contribution in [0.2, 0.25) is 0 Å². The number of primary amides is 1. The summed E-state index contributed by atoms with van der Waals surface area (Å²) in [6, 6.07) is 5.87. The largest absolute Gasteiger partial charge is 0.419 e. The van der Waals surface area contributed by atoms with Gasteiger partial charge in [0, 0.05) is 17.4 Å². The molecule has 3 aliphatic rings. The Morgan fingerprint density at radius 3 is 2.37 bits per heavy atom. The lowest BCUT2D eigenvalue weighted by Gasteiger charge is -2.44. The van der Waals surface area contributed by atoms with Crippen LogP contribution in [0.1, 0.15) is 59.7 Å². The average molecular weight is 539 g/mol. The van der Waals surface area contributed by atoms with Gasteiger partial charge >= 0.3 is 6.18 Å². The Bertz CT molecular complexity index is 1300. The van der Waals surface area contributed by atoms with E-state index in [-0.39, 0.29) is 42.7 Å². The Kier molecular flexibility index (Phi) is 6.11. The zero-order chi connectivity index (χ0) is 27.8. The number of aliphatic hydroxyl groups is 1. The van der Waals surface area contributed by atoms with Crippen LogP contribution in [0.3, 0.4) is 0 Å². The van der Waals surface area contributed by atoms with Crippen molar-refractivity contribution in [1.29, 1.82) is 0 Å². The van der Waals surface area contributed by atoms with E-state index in [1.54, 1.807) is 26.0 Å². The number of rotatable bonds is 6. The van der Waals surface area contributed by atoms with Gasteiger partial charge in [-0.3, -0.25) is 9.59 Å². The molecule has 2 heterocycles. The maximum absolute atomic E-state index is 15.3. The summed E-state index contributed by atoms with van der Waals surface area (Å²) in [6.45, 7) is 3.37. The van der Waals surface area contributed by atoms with Gasteiger partial charge in [0.1, 0.15) is 17.7 Å². The number of carbonyl (C=O) groups excluding carboxylic acids is 2. The number of nitrogens with two attached hydrogens (primary N) is 1. The summed E-state index contributed by atoms with van der Waals surface area (Å²) in [5.74, 6) is -5.86. The fourth-order valence-corrected chi connectivity index (χ4v) is 6.26. The summed E-state index contributed by atoms with van der Waals surface area (Å²) < 4.78 is 75.0. The zero-order valence-electron chi connectivity index (χ0n) is 20.7. The van der Waals surface area contributed by atoms with E-state index in [9.17, 15) is 32.3 Å². The van der Waals surface area contributed by atoms with Gasteiger partial charge < -0.3 is 20.5 Å². The number of hydrogen-bond donors (Lipinski definition) is 2. The third-order valence-electron chi connectivity index (χ3n) is 8.15. The molecule has 38 heavy (non-hydrogen) atoms. The van der Waals surface area contributed by atoms with Gasteiger partial charge in [-0.25, -0.2) is 8.78 Å². The number of fused-ring (bicyclic) bond motifs is 1. The molecule has 204 valence electrons. The molecule has 3 unspecified atom stereocenters. The fourth-order valence-electron chi connectivity index (χ4n) is 6.26. The van der Waals surface area contributed by atoms with E-state index in [2.05, 4.69) is 0 Å². The molecule has 2 saturated heterocycles. The number of benzene rings is 2. The fraction of sp³-hybridized carbons (Fsp3) is 0.481. The molecule has 4 atom stereocenters. The van der Waals surface area contributed by atoms with Crippen molar-refractivity contribution < 1.29 is 41.4 Å². The topological polar surface area (TPSA) is 92.9 Å². The van der Waals surface area contributed by atoms with E-state index in [4.69, 9.17) is 10.5 Å². The molecule has 5 rings (SSSR count). The molecule has 2 amide bonds. The molecule has 0 aromatic heterocycles. The molecule has 3 N–H and O–H groups in total. The summed E-state index contributed by atoms with van der Waals surface area (Å²) in [7, 11) is 0. The number of nitrogens with zero attached hydrogens (tertiary/aromatic N) is 1. The van der Waals surface area contributed by atoms with Gasteiger partial charge in [-0.1, -0.05) is 12.1 Å². The van der Waals surface area contributed by atoms with E-state index in [0.29, 0.717) is 18.1 Å². The van der Waals surface area contributed by atoms with Gasteiger partial charge in [0.15, 0.2) is 0 Å². The smallest absolute Gasteiger partial charge is 0.386 e. The van der Waals surface area contributed by atoms with Gasteiger partial charge in [-0.05, 0) is 68.0 Å². The van der Waals surface area contributed by atoms with Crippen LogP contribution in [-0.4, -0.2) is 46.6 Å². The molecule has 0 bridgehead atoms. The van der Waals surface area contributed by atoms with Crippen LogP contribution in [-0.2, 0) is 21.3 Å². The molecule has 2 aliphatic heterocycles. The summed E-state index contributed by atoms with van der Waals surface area (Å²) >= 11 is 0. The summed E-state index contributed by atoms with van der Waals surface area (Å²) in [4.78, 5) is 27.8. The zero-order valence-corrected chi connectivity index (χ0v) is 20.7. The molecule has 3 fully saturated rings. The number of amides is 2. The highest BCUT2D eigenvalue weighted by atomic mass is 19.4. The second kappa shape index (κ2) is 8.74. The van der Waals surface area contributed by atoms with Crippen LogP contribution in [0.4, 0.5) is 22.0 Å². The lowest BCUT2D eigenvalue weighted by atomic mass is 9.75. The maximum atomic E-state index is 15.3. The van der Waals surface area contributed by atoms with Crippen molar-refractivity contribution in [2.75, 3.05) is 13.2 Å². The molecular formula is C27H27F5N2O4. The summed E-state index contributed by atoms with van der Waals surface area (Å²) in [6.07, 6.45) is -4.55. The first-order chi connectivity index (χ1) is 17.7. The third-order valence-corrected chi connectivity index (χ3v) is 8.15. The van der Waals surface area contributed by atoms with Crippen molar-refractivity contribution in [3.8, 4) is 0 Å². The number of carbonyl (C=O) groups is 2. The number of likely N-dealkylation sites (tertiary alicyclic amines) is 1. The first-order valence-electron chi connectivity index (χ1n) is 12.3. The SMILES string of the molecule is CC(C)(O)c1cccc(C(=O)N2C(C(N)=O)CC3CC32[C@@H](c2cc(F)c(C(F)(F)F)cc2F)C2COC2)c1. The first kappa shape index (κ1) is 26.6. The number of alkyl halides is 3. The number of hydrogen-bond acceptors (Lipinski definition) is 4. The summed E-state index contributed by atoms with van der Waals surface area (Å²) in [5.41, 5.74) is 1.83. The van der Waals surface area contributed by atoms with Crippen molar-refractivity contribution in [3.63, 3.8) is 0 Å². The number of piperidine rings is 1. The number of ether oxygens (including phenoxy) is 1. The minimum absolute atomic E-state index is 0.138. The van der Waals surface area contributed by atoms with Gasteiger partial charge in [0.25, 0.3) is 5.91 Å². The van der Waals surface area contributed by atoms with Crippen LogP contribution < -0.4 is 5.73 Å². The number of halogens is 5. The predicted octanol–water partition coefficient (Wildman–Crippen LogP) is 4.10. The molecule has 2 aromatic carbocycles. The van der Waals surface area contributed by atoms with Gasteiger partial charge in [0.2, 0.25) is 5.91 Å². The Morgan fingerprint density at radius 2 is 1.82 bits per heavy atom. The third kappa shape index (κ3) is 4.16. The van der Waals surface area contributed by atoms with Crippen LogP contribution in [0.5, 0.6) is 0 Å². The predicted molar refractivity (Wildman–Crippen MR) is 125 cm³/mol. The maximum Gasteiger partial charge on any atom is 0.419 e. The van der Waals surface area contributed by atoms with Crippen molar-refractivity contribution in [1.82, 2.24) is 4.90 Å². The quantitative estimate of drug-likeness (QED) is 0.542. The monoisotopic (exact) mass is 538 g/mol. The average Bonchev–Trinajstić information content (AvgIpc) is 3.40. The van der Waals surface area contributed by atoms with Crippen molar-refractivity contribution in [3.05, 3.63) is 70.3 Å². The lowest BCUT2D eigenvalue weighted by Crippen LogP contribution is -2.55. The molecule has 1 saturated carbocycles. The van der Waals surface area contributed by atoms with Crippen molar-refractivity contribution >= 4 is 11.8 Å². The minimum Gasteiger partial charge on any atom is -0.386 e. The first-order valence-corrected chi connectivity index (χ1v) is 12.3. The van der Waals surface area contributed by atoms with E-state index >= 15 is 4.39 Å². The van der Waals surface area contributed by atoms with Gasteiger partial charge in [-0.15, -0.1) is 0 Å². The Morgan fingerprint density at radius 1 is 1.13 bits per heavy atom. The van der Waals surface area contributed by atoms with Gasteiger partial charge in [0.05, 0.1) is 29.9 Å². The molecule has 2 aromatic rings. The normalized spacial score (nSPS) is 26.1. The van der Waals surface area contributed by atoms with Crippen LogP contribution in [0, 0.1) is 23.5 Å². The highest BCUT2D eigenvalue weighted by molar-refractivity contribution is 5.99. The van der Waals surface area contributed by atoms with Crippen molar-refractivity contribution in [2.24, 2.45) is 17.6 Å². The molecular weight excluding hydrogens is 511 g/mol. The molecule has 6 nitrogen and oxygen atoms in total. The minimum atomic E-state index is -5.09. The highest BCUT2D eigenvalue weighted by Crippen LogP contribution is 2.67. The molecule has 0 radical (unpaired) electrons. The van der Waals surface area contributed by atoms with Crippen LogP contribution in [0.15, 0.2) is 36.4 Å². The Labute approximate surface area is 215 Å². The van der Waals surface area contributed by atoms with Crippen molar-refractivity contribution in [2.45, 2.75) is 56.0 Å². The van der Waals surface area contributed by atoms with E-state index in [1.165, 1.54) is 17.0 Å². The Hall–Kier alpha value is -3.05. The molecule has 1 aliphatic carbocycles. The van der Waals surface area contributed by atoms with Crippen LogP contribution >= 0.6 is 0 Å². The second-order valence-electron chi connectivity index (χ2n) is 11.0. The van der Waals surface area contributed by atoms with Gasteiger partial charge in [-0.2, -0.15) is 13.2 Å². The van der Waals surface area contributed by atoms with E-state index < -0.39 is 64.2 Å². The highest BCUT2D eigenvalue weighted by Gasteiger charge is 2.72. The van der Waals surface area contributed by atoms with E-state index in [0.717, 1.165) is 0 Å². The standard InChI is InChI=1S/C27H27F5N2O4/c1-25(2,37)15-5-3-4-13(6-15)24(36)34-21(23(33)35)7-16-10-26(16,34)22(14-11-38-12-14)17-8-20(29)18(9-19(17)28)27(30,31)32/h3-6,8-9,14,16,21-22,37H,7,10-12H2,1-2H3,(H2,33,35)/t16?,21?,22-,26?/m1/s1. The molecule has 11 heteroatoms. The molecule has 0 spiro atoms. The van der Waals surface area contributed by atoms with E-state index in [1.807, 2.05) is 0 Å². The Balaban J connectivity index is 1.63. The second-order valence-corrected chi connectivity index (χ2v) is 11.0.